The first-order chi connectivity index (χ1) is 16.1. The van der Waals surface area contributed by atoms with Gasteiger partial charge >= 0.3 is 0 Å². The first kappa shape index (κ1) is 24.3. The standard InChI is InChI=1S/C24H27N3O5S2/c1-17-7-9-21(33(29,30)25-2)16-23(17)26-24(28)19-11-13-27(14-12-19)34(31,32)22-10-8-18-5-3-4-6-20(18)15-22/h3-10,15-16,19,25H,11-14H2,1-2H3,(H,26,28). The van der Waals surface area contributed by atoms with Crippen molar-refractivity contribution in [2.75, 3.05) is 25.5 Å². The van der Waals surface area contributed by atoms with Crippen molar-refractivity contribution < 1.29 is 21.6 Å². The van der Waals surface area contributed by atoms with E-state index in [1.54, 1.807) is 31.2 Å². The van der Waals surface area contributed by atoms with Gasteiger partial charge in [0.15, 0.2) is 0 Å². The minimum absolute atomic E-state index is 0.0622. The molecule has 0 spiro atoms. The third kappa shape index (κ3) is 4.85. The number of aryl methyl sites for hydroxylation is 1. The number of amides is 1. The van der Waals surface area contributed by atoms with Gasteiger partial charge in [0.2, 0.25) is 26.0 Å². The van der Waals surface area contributed by atoms with E-state index in [-0.39, 0.29) is 34.7 Å². The van der Waals surface area contributed by atoms with Crippen LogP contribution >= 0.6 is 0 Å². The first-order valence-corrected chi connectivity index (χ1v) is 13.9. The van der Waals surface area contributed by atoms with Crippen molar-refractivity contribution in [3.05, 3.63) is 66.2 Å². The molecule has 1 saturated heterocycles. The number of carbonyl (C=O) groups excluding carboxylic acids is 1. The van der Waals surface area contributed by atoms with E-state index in [0.717, 1.165) is 16.3 Å². The summed E-state index contributed by atoms with van der Waals surface area (Å²) in [6.07, 6.45) is 0.762. The summed E-state index contributed by atoms with van der Waals surface area (Å²) < 4.78 is 54.2. The van der Waals surface area contributed by atoms with Gasteiger partial charge in [-0.05, 0) is 67.4 Å². The van der Waals surface area contributed by atoms with Crippen LogP contribution in [0, 0.1) is 12.8 Å². The lowest BCUT2D eigenvalue weighted by Crippen LogP contribution is -2.41. The SMILES string of the molecule is CNS(=O)(=O)c1ccc(C)c(NC(=O)C2CCN(S(=O)(=O)c3ccc4ccccc4c3)CC2)c1. The molecule has 4 rings (SSSR count). The molecular formula is C24H27N3O5S2. The number of nitrogens with one attached hydrogen (secondary N) is 2. The van der Waals surface area contributed by atoms with Crippen LogP contribution in [-0.2, 0) is 24.8 Å². The van der Waals surface area contributed by atoms with Crippen LogP contribution in [0.15, 0.2) is 70.5 Å². The lowest BCUT2D eigenvalue weighted by Gasteiger charge is -2.30. The normalized spacial score (nSPS) is 15.9. The highest BCUT2D eigenvalue weighted by Gasteiger charge is 2.32. The topological polar surface area (TPSA) is 113 Å². The van der Waals surface area contributed by atoms with Gasteiger partial charge in [0, 0.05) is 24.7 Å². The summed E-state index contributed by atoms with van der Waals surface area (Å²) in [4.78, 5) is 13.2. The maximum atomic E-state index is 13.2. The average molecular weight is 502 g/mol. The van der Waals surface area contributed by atoms with Gasteiger partial charge in [0.25, 0.3) is 0 Å². The summed E-state index contributed by atoms with van der Waals surface area (Å²) in [6, 6.07) is 17.2. The summed E-state index contributed by atoms with van der Waals surface area (Å²) in [6.45, 7) is 2.25. The molecule has 1 fully saturated rings. The number of fused-ring (bicyclic) bond motifs is 1. The molecule has 180 valence electrons. The molecule has 8 nitrogen and oxygen atoms in total. The highest BCUT2D eigenvalue weighted by molar-refractivity contribution is 7.89. The minimum atomic E-state index is -3.67. The fourth-order valence-electron chi connectivity index (χ4n) is 4.09. The number of anilines is 1. The van der Waals surface area contributed by atoms with Crippen molar-refractivity contribution in [2.24, 2.45) is 5.92 Å². The monoisotopic (exact) mass is 501 g/mol. The zero-order chi connectivity index (χ0) is 24.5. The van der Waals surface area contributed by atoms with E-state index >= 15 is 0 Å². The van der Waals surface area contributed by atoms with Crippen molar-refractivity contribution in [1.29, 1.82) is 0 Å². The maximum absolute atomic E-state index is 13.2. The zero-order valence-corrected chi connectivity index (χ0v) is 20.6. The van der Waals surface area contributed by atoms with Crippen LogP contribution in [-0.4, -0.2) is 47.2 Å². The third-order valence-electron chi connectivity index (χ3n) is 6.23. The molecule has 10 heteroatoms. The summed E-state index contributed by atoms with van der Waals surface area (Å²) in [5.41, 5.74) is 1.16. The summed E-state index contributed by atoms with van der Waals surface area (Å²) in [5.74, 6) is -0.614. The summed E-state index contributed by atoms with van der Waals surface area (Å²) in [7, 11) is -5.98. The van der Waals surface area contributed by atoms with Crippen molar-refractivity contribution in [3.63, 3.8) is 0 Å². The number of benzene rings is 3. The van der Waals surface area contributed by atoms with Gasteiger partial charge in [0.1, 0.15) is 0 Å². The van der Waals surface area contributed by atoms with Gasteiger partial charge in [-0.15, -0.1) is 0 Å². The molecule has 0 unspecified atom stereocenters. The second-order valence-corrected chi connectivity index (χ2v) is 12.2. The average Bonchev–Trinajstić information content (AvgIpc) is 2.85. The molecule has 3 aromatic carbocycles. The van der Waals surface area contributed by atoms with Crippen LogP contribution in [0.5, 0.6) is 0 Å². The Balaban J connectivity index is 1.44. The predicted octanol–water partition coefficient (Wildman–Crippen LogP) is 3.10. The Labute approximate surface area is 200 Å². The van der Waals surface area contributed by atoms with Crippen LogP contribution in [0.2, 0.25) is 0 Å². The highest BCUT2D eigenvalue weighted by atomic mass is 32.2. The molecule has 3 aromatic rings. The number of hydrogen-bond acceptors (Lipinski definition) is 5. The fourth-order valence-corrected chi connectivity index (χ4v) is 6.35. The number of carbonyl (C=O) groups is 1. The molecule has 2 N–H and O–H groups in total. The summed E-state index contributed by atoms with van der Waals surface area (Å²) >= 11 is 0. The van der Waals surface area contributed by atoms with Gasteiger partial charge in [0.05, 0.1) is 9.79 Å². The second-order valence-electron chi connectivity index (χ2n) is 8.36. The van der Waals surface area contributed by atoms with Crippen LogP contribution in [0.3, 0.4) is 0 Å². The van der Waals surface area contributed by atoms with Crippen molar-refractivity contribution >= 4 is 42.4 Å². The van der Waals surface area contributed by atoms with Gasteiger partial charge in [-0.25, -0.2) is 21.6 Å². The Morgan fingerprint density at radius 2 is 1.53 bits per heavy atom. The molecule has 0 radical (unpaired) electrons. The smallest absolute Gasteiger partial charge is 0.243 e. The number of rotatable bonds is 6. The van der Waals surface area contributed by atoms with Crippen LogP contribution in [0.25, 0.3) is 10.8 Å². The largest absolute Gasteiger partial charge is 0.326 e. The number of hydrogen-bond donors (Lipinski definition) is 2. The number of nitrogens with zero attached hydrogens (tertiary/aromatic N) is 1. The predicted molar refractivity (Wildman–Crippen MR) is 131 cm³/mol. The molecule has 1 aliphatic rings. The van der Waals surface area contributed by atoms with E-state index in [1.165, 1.54) is 23.5 Å². The molecular weight excluding hydrogens is 474 g/mol. The van der Waals surface area contributed by atoms with Crippen molar-refractivity contribution in [1.82, 2.24) is 9.03 Å². The van der Waals surface area contributed by atoms with Gasteiger partial charge in [-0.3, -0.25) is 4.79 Å². The van der Waals surface area contributed by atoms with E-state index in [9.17, 15) is 21.6 Å². The molecule has 0 aliphatic carbocycles. The van der Waals surface area contributed by atoms with Gasteiger partial charge in [-0.1, -0.05) is 36.4 Å². The lowest BCUT2D eigenvalue weighted by molar-refractivity contribution is -0.120. The molecule has 0 atom stereocenters. The first-order valence-electron chi connectivity index (χ1n) is 11.0. The van der Waals surface area contributed by atoms with Crippen molar-refractivity contribution in [2.45, 2.75) is 29.6 Å². The van der Waals surface area contributed by atoms with Crippen LogP contribution in [0.4, 0.5) is 5.69 Å². The van der Waals surface area contributed by atoms with Crippen molar-refractivity contribution in [3.8, 4) is 0 Å². The molecule has 0 aromatic heterocycles. The molecule has 1 aliphatic heterocycles. The molecule has 0 bridgehead atoms. The Hall–Kier alpha value is -2.79. The molecule has 34 heavy (non-hydrogen) atoms. The molecule has 1 amide bonds. The third-order valence-corrected chi connectivity index (χ3v) is 9.54. The lowest BCUT2D eigenvalue weighted by atomic mass is 9.97. The summed E-state index contributed by atoms with van der Waals surface area (Å²) in [5, 5.41) is 4.65. The van der Waals surface area contributed by atoms with E-state index < -0.39 is 20.0 Å². The van der Waals surface area contributed by atoms with E-state index in [1.807, 2.05) is 24.3 Å². The van der Waals surface area contributed by atoms with Crippen LogP contribution in [0.1, 0.15) is 18.4 Å². The van der Waals surface area contributed by atoms with E-state index in [0.29, 0.717) is 18.5 Å². The van der Waals surface area contributed by atoms with Gasteiger partial charge < -0.3 is 5.32 Å². The fraction of sp³-hybridized carbons (Fsp3) is 0.292. The Bertz CT molecular complexity index is 1440. The Kier molecular flexibility index (Phi) is 6.77. The van der Waals surface area contributed by atoms with Gasteiger partial charge in [-0.2, -0.15) is 4.31 Å². The second kappa shape index (κ2) is 9.46. The Morgan fingerprint density at radius 1 is 0.882 bits per heavy atom. The maximum Gasteiger partial charge on any atom is 0.243 e. The van der Waals surface area contributed by atoms with E-state index in [4.69, 9.17) is 0 Å². The number of piperidine rings is 1. The number of sulfonamides is 2. The highest BCUT2D eigenvalue weighted by Crippen LogP contribution is 2.28. The van der Waals surface area contributed by atoms with Crippen LogP contribution < -0.4 is 10.0 Å². The zero-order valence-electron chi connectivity index (χ0n) is 19.0. The molecule has 1 heterocycles. The quantitative estimate of drug-likeness (QED) is 0.539. The molecule has 0 saturated carbocycles. The minimum Gasteiger partial charge on any atom is -0.326 e. The van der Waals surface area contributed by atoms with E-state index in [2.05, 4.69) is 10.0 Å². The Morgan fingerprint density at radius 3 is 2.21 bits per heavy atom.